The second kappa shape index (κ2) is 7.38. The SMILES string of the molecule is CC(C)CCC[C@@H](C)C1=CC[C@H]2[C@@H]3CCC4=CCCC[C@]4(C)[C@H]3CC[C@]12C. The normalized spacial score (nSPS) is 42.1. The van der Waals surface area contributed by atoms with Gasteiger partial charge in [0, 0.05) is 0 Å². The van der Waals surface area contributed by atoms with Crippen LogP contribution in [0.15, 0.2) is 23.3 Å². The Bertz CT molecular complexity index is 608. The molecule has 4 aliphatic carbocycles. The van der Waals surface area contributed by atoms with Crippen molar-refractivity contribution in [2.75, 3.05) is 0 Å². The van der Waals surface area contributed by atoms with Crippen molar-refractivity contribution in [2.45, 2.75) is 105 Å². The molecular formula is C27H44. The molecule has 0 radical (unpaired) electrons. The summed E-state index contributed by atoms with van der Waals surface area (Å²) in [5.74, 6) is 4.56. The molecule has 0 aromatic heterocycles. The maximum Gasteiger partial charge on any atom is -0.00797 e. The molecule has 4 rings (SSSR count). The van der Waals surface area contributed by atoms with Crippen LogP contribution in [0.3, 0.4) is 0 Å². The van der Waals surface area contributed by atoms with Gasteiger partial charge in [0.15, 0.2) is 0 Å². The summed E-state index contributed by atoms with van der Waals surface area (Å²) < 4.78 is 0. The minimum Gasteiger partial charge on any atom is -0.0848 e. The Morgan fingerprint density at radius 1 is 0.963 bits per heavy atom. The van der Waals surface area contributed by atoms with Gasteiger partial charge in [-0.05, 0) is 98.2 Å². The van der Waals surface area contributed by atoms with Crippen LogP contribution in [-0.4, -0.2) is 0 Å². The highest BCUT2D eigenvalue weighted by Crippen LogP contribution is 2.66. The van der Waals surface area contributed by atoms with Gasteiger partial charge in [-0.25, -0.2) is 0 Å². The molecule has 0 heterocycles. The summed E-state index contributed by atoms with van der Waals surface area (Å²) in [7, 11) is 0. The molecule has 2 fully saturated rings. The maximum absolute atomic E-state index is 2.72. The van der Waals surface area contributed by atoms with Crippen molar-refractivity contribution in [1.29, 1.82) is 0 Å². The number of fused-ring (bicyclic) bond motifs is 5. The van der Waals surface area contributed by atoms with Gasteiger partial charge in [0.25, 0.3) is 0 Å². The van der Waals surface area contributed by atoms with Crippen molar-refractivity contribution < 1.29 is 0 Å². The predicted molar refractivity (Wildman–Crippen MR) is 118 cm³/mol. The van der Waals surface area contributed by atoms with Gasteiger partial charge in [-0.15, -0.1) is 0 Å². The van der Waals surface area contributed by atoms with E-state index in [0.29, 0.717) is 10.8 Å². The van der Waals surface area contributed by atoms with E-state index in [4.69, 9.17) is 0 Å². The summed E-state index contributed by atoms with van der Waals surface area (Å²) in [6, 6.07) is 0. The number of hydrogen-bond acceptors (Lipinski definition) is 0. The van der Waals surface area contributed by atoms with Crippen LogP contribution in [0.1, 0.15) is 105 Å². The zero-order valence-corrected chi connectivity index (χ0v) is 18.8. The lowest BCUT2D eigenvalue weighted by molar-refractivity contribution is -0.0310. The van der Waals surface area contributed by atoms with E-state index in [9.17, 15) is 0 Å². The average molecular weight is 369 g/mol. The second-order valence-electron chi connectivity index (χ2n) is 11.5. The average Bonchev–Trinajstić information content (AvgIpc) is 2.98. The Kier molecular flexibility index (Phi) is 5.41. The first-order valence-electron chi connectivity index (χ1n) is 12.3. The zero-order valence-electron chi connectivity index (χ0n) is 18.8. The molecule has 0 heteroatoms. The van der Waals surface area contributed by atoms with Crippen molar-refractivity contribution in [1.82, 2.24) is 0 Å². The highest BCUT2D eigenvalue weighted by molar-refractivity contribution is 5.30. The maximum atomic E-state index is 2.72. The Morgan fingerprint density at radius 2 is 1.78 bits per heavy atom. The third-order valence-corrected chi connectivity index (χ3v) is 9.62. The van der Waals surface area contributed by atoms with E-state index in [-0.39, 0.29) is 0 Å². The minimum absolute atomic E-state index is 0.519. The second-order valence-corrected chi connectivity index (χ2v) is 11.5. The fourth-order valence-corrected chi connectivity index (χ4v) is 8.11. The van der Waals surface area contributed by atoms with Crippen LogP contribution >= 0.6 is 0 Å². The van der Waals surface area contributed by atoms with Crippen LogP contribution in [0.5, 0.6) is 0 Å². The zero-order chi connectivity index (χ0) is 19.2. The highest BCUT2D eigenvalue weighted by Gasteiger charge is 2.56. The number of hydrogen-bond donors (Lipinski definition) is 0. The molecule has 0 N–H and O–H groups in total. The molecule has 0 saturated heterocycles. The lowest BCUT2D eigenvalue weighted by Gasteiger charge is -2.58. The van der Waals surface area contributed by atoms with E-state index >= 15 is 0 Å². The van der Waals surface area contributed by atoms with Crippen LogP contribution in [0.4, 0.5) is 0 Å². The molecule has 0 amide bonds. The van der Waals surface area contributed by atoms with E-state index in [1.54, 1.807) is 0 Å². The van der Waals surface area contributed by atoms with Crippen molar-refractivity contribution in [3.8, 4) is 0 Å². The van der Waals surface area contributed by atoms with Gasteiger partial charge in [-0.2, -0.15) is 0 Å². The first-order valence-corrected chi connectivity index (χ1v) is 12.3. The molecule has 2 saturated carbocycles. The fraction of sp³-hybridized carbons (Fsp3) is 0.852. The summed E-state index contributed by atoms with van der Waals surface area (Å²) in [4.78, 5) is 0. The molecule has 0 spiro atoms. The fourth-order valence-electron chi connectivity index (χ4n) is 8.11. The first-order chi connectivity index (χ1) is 12.9. The summed E-state index contributed by atoms with van der Waals surface area (Å²) in [6.45, 7) is 12.6. The molecule has 152 valence electrons. The van der Waals surface area contributed by atoms with Crippen LogP contribution in [0.25, 0.3) is 0 Å². The van der Waals surface area contributed by atoms with E-state index in [1.165, 1.54) is 70.6 Å². The van der Waals surface area contributed by atoms with Crippen molar-refractivity contribution in [3.63, 3.8) is 0 Å². The Labute approximate surface area is 169 Å². The smallest absolute Gasteiger partial charge is 0.00797 e. The van der Waals surface area contributed by atoms with Gasteiger partial charge in [0.1, 0.15) is 0 Å². The molecular weight excluding hydrogens is 324 g/mol. The van der Waals surface area contributed by atoms with Crippen LogP contribution in [0, 0.1) is 40.4 Å². The number of rotatable bonds is 5. The Morgan fingerprint density at radius 3 is 2.56 bits per heavy atom. The lowest BCUT2D eigenvalue weighted by atomic mass is 9.46. The van der Waals surface area contributed by atoms with Crippen molar-refractivity contribution in [3.05, 3.63) is 23.3 Å². The van der Waals surface area contributed by atoms with Crippen LogP contribution in [0.2, 0.25) is 0 Å². The largest absolute Gasteiger partial charge is 0.0848 e. The highest BCUT2D eigenvalue weighted by atomic mass is 14.6. The minimum atomic E-state index is 0.519. The third kappa shape index (κ3) is 3.28. The van der Waals surface area contributed by atoms with Gasteiger partial charge >= 0.3 is 0 Å². The monoisotopic (exact) mass is 368 g/mol. The molecule has 27 heavy (non-hydrogen) atoms. The topological polar surface area (TPSA) is 0 Å². The standard InChI is InChI=1S/C27H44/c1-19(2)9-8-10-20(3)23-14-15-24-22-13-12-21-11-6-7-17-26(21,4)25(22)16-18-27(23,24)5/h11,14,19-20,22,24-25H,6-10,12-13,15-18H2,1-5H3/t20-,22+,24+,25+,26+,27-/m1/s1. The van der Waals surface area contributed by atoms with Crippen LogP contribution in [-0.2, 0) is 0 Å². The summed E-state index contributed by atoms with van der Waals surface area (Å²) in [6.07, 6.45) is 21.1. The van der Waals surface area contributed by atoms with Gasteiger partial charge in [-0.1, -0.05) is 70.8 Å². The van der Waals surface area contributed by atoms with Crippen LogP contribution < -0.4 is 0 Å². The van der Waals surface area contributed by atoms with Crippen molar-refractivity contribution in [2.24, 2.45) is 40.4 Å². The summed E-state index contributed by atoms with van der Waals surface area (Å²) >= 11 is 0. The Hall–Kier alpha value is -0.520. The molecule has 6 atom stereocenters. The van der Waals surface area contributed by atoms with Gasteiger partial charge in [0.2, 0.25) is 0 Å². The first kappa shape index (κ1) is 19.8. The quantitative estimate of drug-likeness (QED) is 0.428. The van der Waals surface area contributed by atoms with Crippen molar-refractivity contribution >= 4 is 0 Å². The van der Waals surface area contributed by atoms with E-state index < -0.39 is 0 Å². The third-order valence-electron chi connectivity index (χ3n) is 9.62. The van der Waals surface area contributed by atoms with E-state index in [0.717, 1.165) is 29.6 Å². The lowest BCUT2D eigenvalue weighted by Crippen LogP contribution is -2.49. The van der Waals surface area contributed by atoms with Gasteiger partial charge in [0.05, 0.1) is 0 Å². The molecule has 0 bridgehead atoms. The molecule has 0 aromatic rings. The van der Waals surface area contributed by atoms with E-state index in [2.05, 4.69) is 46.8 Å². The predicted octanol–water partition coefficient (Wildman–Crippen LogP) is 8.34. The molecule has 0 nitrogen and oxygen atoms in total. The molecule has 4 aliphatic rings. The molecule has 0 aromatic carbocycles. The summed E-state index contributed by atoms with van der Waals surface area (Å²) in [5.41, 5.74) is 4.79. The van der Waals surface area contributed by atoms with Gasteiger partial charge < -0.3 is 0 Å². The van der Waals surface area contributed by atoms with Gasteiger partial charge in [-0.3, -0.25) is 0 Å². The summed E-state index contributed by atoms with van der Waals surface area (Å²) in [5, 5.41) is 0. The number of allylic oxidation sites excluding steroid dienone is 4. The van der Waals surface area contributed by atoms with E-state index in [1.807, 2.05) is 11.1 Å². The Balaban J connectivity index is 1.49. The molecule has 0 unspecified atom stereocenters. The molecule has 0 aliphatic heterocycles.